The van der Waals surface area contributed by atoms with Gasteiger partial charge >= 0.3 is 0 Å². The van der Waals surface area contributed by atoms with Crippen LogP contribution in [0.4, 0.5) is 5.69 Å². The van der Waals surface area contributed by atoms with E-state index in [4.69, 9.17) is 0 Å². The van der Waals surface area contributed by atoms with Gasteiger partial charge in [0.05, 0.1) is 18.3 Å². The number of aryl methyl sites for hydroxylation is 2. The van der Waals surface area contributed by atoms with Gasteiger partial charge in [-0.2, -0.15) is 0 Å². The second-order valence-electron chi connectivity index (χ2n) is 6.01. The van der Waals surface area contributed by atoms with Crippen LogP contribution in [0.5, 0.6) is 0 Å². The van der Waals surface area contributed by atoms with Crippen LogP contribution in [0.2, 0.25) is 0 Å². The molecule has 1 atom stereocenters. The first kappa shape index (κ1) is 15.5. The number of anilines is 1. The molecule has 1 N–H and O–H groups in total. The summed E-state index contributed by atoms with van der Waals surface area (Å²) in [5.74, 6) is 0.725. The average molecular weight is 310 g/mol. The van der Waals surface area contributed by atoms with Gasteiger partial charge in [0.1, 0.15) is 0 Å². The Bertz CT molecular complexity index is 795. The Balaban J connectivity index is 1.92. The van der Waals surface area contributed by atoms with Crippen molar-refractivity contribution in [1.82, 2.24) is 14.4 Å². The zero-order valence-electron chi connectivity index (χ0n) is 13.8. The number of imidazole rings is 1. The number of nitrogens with zero attached hydrogens (tertiary/aromatic N) is 4. The first-order valence-electron chi connectivity index (χ1n) is 7.83. The van der Waals surface area contributed by atoms with E-state index in [9.17, 15) is 5.11 Å². The third kappa shape index (κ3) is 3.51. The highest BCUT2D eigenvalue weighted by Crippen LogP contribution is 2.18. The standard InChI is InChI=1S/C18H22N4O/c1-13-9-14(2)22-12-16(20-18(22)19-13)11-21(10-15(3)23)17-7-5-4-6-8-17/h4-9,12,15,23H,10-11H2,1-3H3. The molecule has 0 aliphatic rings. The molecule has 120 valence electrons. The Kier molecular flexibility index (Phi) is 4.30. The van der Waals surface area contributed by atoms with Gasteiger partial charge in [-0.05, 0) is 39.0 Å². The summed E-state index contributed by atoms with van der Waals surface area (Å²) < 4.78 is 2.01. The number of fused-ring (bicyclic) bond motifs is 1. The van der Waals surface area contributed by atoms with Crippen LogP contribution in [0, 0.1) is 13.8 Å². The summed E-state index contributed by atoms with van der Waals surface area (Å²) in [7, 11) is 0. The molecule has 5 nitrogen and oxygen atoms in total. The van der Waals surface area contributed by atoms with Gasteiger partial charge in [0.2, 0.25) is 5.78 Å². The van der Waals surface area contributed by atoms with Gasteiger partial charge in [-0.3, -0.25) is 4.40 Å². The fourth-order valence-electron chi connectivity index (χ4n) is 2.81. The fourth-order valence-corrected chi connectivity index (χ4v) is 2.81. The summed E-state index contributed by atoms with van der Waals surface area (Å²) in [6, 6.07) is 12.1. The lowest BCUT2D eigenvalue weighted by molar-refractivity contribution is 0.199. The Morgan fingerprint density at radius 3 is 2.61 bits per heavy atom. The molecule has 5 heteroatoms. The highest BCUT2D eigenvalue weighted by molar-refractivity contribution is 5.47. The zero-order valence-corrected chi connectivity index (χ0v) is 13.8. The monoisotopic (exact) mass is 310 g/mol. The van der Waals surface area contributed by atoms with Crippen molar-refractivity contribution in [1.29, 1.82) is 0 Å². The lowest BCUT2D eigenvalue weighted by atomic mass is 10.2. The Labute approximate surface area is 136 Å². The average Bonchev–Trinajstić information content (AvgIpc) is 2.90. The molecular weight excluding hydrogens is 288 g/mol. The molecule has 0 bridgehead atoms. The zero-order chi connectivity index (χ0) is 16.4. The molecule has 3 aromatic rings. The van der Waals surface area contributed by atoms with Crippen LogP contribution >= 0.6 is 0 Å². The summed E-state index contributed by atoms with van der Waals surface area (Å²) in [6.07, 6.45) is 1.61. The maximum atomic E-state index is 9.80. The molecule has 0 fully saturated rings. The van der Waals surface area contributed by atoms with E-state index in [-0.39, 0.29) is 0 Å². The van der Waals surface area contributed by atoms with Gasteiger partial charge in [-0.25, -0.2) is 9.97 Å². The topological polar surface area (TPSA) is 53.7 Å². The highest BCUT2D eigenvalue weighted by Gasteiger charge is 2.13. The molecule has 1 unspecified atom stereocenters. The van der Waals surface area contributed by atoms with E-state index in [0.29, 0.717) is 13.1 Å². The van der Waals surface area contributed by atoms with Crippen molar-refractivity contribution in [3.63, 3.8) is 0 Å². The van der Waals surface area contributed by atoms with Gasteiger partial charge in [0.25, 0.3) is 0 Å². The van der Waals surface area contributed by atoms with Crippen molar-refractivity contribution in [2.24, 2.45) is 0 Å². The highest BCUT2D eigenvalue weighted by atomic mass is 16.3. The van der Waals surface area contributed by atoms with E-state index in [1.807, 2.05) is 53.9 Å². The molecule has 0 aliphatic carbocycles. The summed E-state index contributed by atoms with van der Waals surface area (Å²) in [4.78, 5) is 11.3. The largest absolute Gasteiger partial charge is 0.392 e. The summed E-state index contributed by atoms with van der Waals surface area (Å²) >= 11 is 0. The van der Waals surface area contributed by atoms with Gasteiger partial charge in [0.15, 0.2) is 0 Å². The Morgan fingerprint density at radius 1 is 1.17 bits per heavy atom. The lowest BCUT2D eigenvalue weighted by Gasteiger charge is -2.25. The van der Waals surface area contributed by atoms with Gasteiger partial charge in [-0.1, -0.05) is 18.2 Å². The van der Waals surface area contributed by atoms with E-state index in [1.165, 1.54) is 0 Å². The second kappa shape index (κ2) is 6.38. The van der Waals surface area contributed by atoms with Crippen molar-refractivity contribution in [2.45, 2.75) is 33.4 Å². The molecule has 0 spiro atoms. The van der Waals surface area contributed by atoms with Crippen molar-refractivity contribution >= 4 is 11.5 Å². The van der Waals surface area contributed by atoms with Crippen LogP contribution in [-0.4, -0.2) is 32.1 Å². The predicted octanol–water partition coefficient (Wildman–Crippen LogP) is 2.73. The van der Waals surface area contributed by atoms with Crippen molar-refractivity contribution < 1.29 is 5.11 Å². The smallest absolute Gasteiger partial charge is 0.234 e. The third-order valence-electron chi connectivity index (χ3n) is 3.77. The van der Waals surface area contributed by atoms with E-state index >= 15 is 0 Å². The summed E-state index contributed by atoms with van der Waals surface area (Å²) in [5, 5.41) is 9.80. The minimum Gasteiger partial charge on any atom is -0.392 e. The molecule has 0 saturated carbocycles. The number of para-hydroxylation sites is 1. The summed E-state index contributed by atoms with van der Waals surface area (Å²) in [5.41, 5.74) is 4.10. The van der Waals surface area contributed by atoms with Crippen molar-refractivity contribution in [2.75, 3.05) is 11.4 Å². The van der Waals surface area contributed by atoms with Crippen LogP contribution in [0.25, 0.3) is 5.78 Å². The van der Waals surface area contributed by atoms with Crippen LogP contribution < -0.4 is 4.90 Å². The van der Waals surface area contributed by atoms with Gasteiger partial charge < -0.3 is 10.0 Å². The Morgan fingerprint density at radius 2 is 1.91 bits per heavy atom. The molecule has 2 heterocycles. The summed E-state index contributed by atoms with van der Waals surface area (Å²) in [6.45, 7) is 7.03. The number of aliphatic hydroxyl groups excluding tert-OH is 1. The first-order chi connectivity index (χ1) is 11.0. The number of rotatable bonds is 5. The predicted molar refractivity (Wildman–Crippen MR) is 91.6 cm³/mol. The van der Waals surface area contributed by atoms with E-state index < -0.39 is 6.10 Å². The number of benzene rings is 1. The molecular formula is C18H22N4O. The Hall–Kier alpha value is -2.40. The molecule has 1 aromatic carbocycles. The van der Waals surface area contributed by atoms with Gasteiger partial charge in [0, 0.05) is 29.8 Å². The number of aliphatic hydroxyl groups is 1. The molecule has 23 heavy (non-hydrogen) atoms. The molecule has 0 amide bonds. The number of hydrogen-bond donors (Lipinski definition) is 1. The normalized spacial score (nSPS) is 12.5. The maximum absolute atomic E-state index is 9.80. The molecule has 0 aliphatic heterocycles. The minimum absolute atomic E-state index is 0.408. The number of aromatic nitrogens is 3. The van der Waals surface area contributed by atoms with E-state index in [2.05, 4.69) is 21.8 Å². The minimum atomic E-state index is -0.408. The van der Waals surface area contributed by atoms with E-state index in [0.717, 1.165) is 28.5 Å². The number of hydrogen-bond acceptors (Lipinski definition) is 4. The van der Waals surface area contributed by atoms with Crippen LogP contribution in [0.1, 0.15) is 24.0 Å². The molecule has 0 radical (unpaired) electrons. The van der Waals surface area contributed by atoms with Gasteiger partial charge in [-0.15, -0.1) is 0 Å². The second-order valence-corrected chi connectivity index (χ2v) is 6.01. The molecule has 3 rings (SSSR count). The lowest BCUT2D eigenvalue weighted by Crippen LogP contribution is -2.30. The SMILES string of the molecule is Cc1cc(C)n2cc(CN(CC(C)O)c3ccccc3)nc2n1. The van der Waals surface area contributed by atoms with Crippen LogP contribution in [0.15, 0.2) is 42.6 Å². The van der Waals surface area contributed by atoms with Crippen molar-refractivity contribution in [3.8, 4) is 0 Å². The van der Waals surface area contributed by atoms with Crippen LogP contribution in [-0.2, 0) is 6.54 Å². The quantitative estimate of drug-likeness (QED) is 0.787. The van der Waals surface area contributed by atoms with Crippen molar-refractivity contribution in [3.05, 3.63) is 59.7 Å². The fraction of sp³-hybridized carbons (Fsp3) is 0.333. The molecule has 0 saturated heterocycles. The maximum Gasteiger partial charge on any atom is 0.234 e. The third-order valence-corrected chi connectivity index (χ3v) is 3.77. The molecule has 2 aromatic heterocycles. The van der Waals surface area contributed by atoms with Crippen LogP contribution in [0.3, 0.4) is 0 Å². The van der Waals surface area contributed by atoms with E-state index in [1.54, 1.807) is 6.92 Å². The first-order valence-corrected chi connectivity index (χ1v) is 7.83.